The van der Waals surface area contributed by atoms with E-state index in [4.69, 9.17) is 0 Å². The van der Waals surface area contributed by atoms with Crippen LogP contribution in [0.1, 0.15) is 17.5 Å². The van der Waals surface area contributed by atoms with Gasteiger partial charge in [0.2, 0.25) is 11.8 Å². The van der Waals surface area contributed by atoms with Crippen LogP contribution >= 0.6 is 0 Å². The molecule has 0 radical (unpaired) electrons. The van der Waals surface area contributed by atoms with Crippen molar-refractivity contribution >= 4 is 11.8 Å². The van der Waals surface area contributed by atoms with E-state index in [2.05, 4.69) is 10.3 Å². The maximum absolute atomic E-state index is 11.6. The normalized spacial score (nSPS) is 20.1. The third-order valence-corrected chi connectivity index (χ3v) is 2.87. The van der Waals surface area contributed by atoms with Gasteiger partial charge in [-0.05, 0) is 18.1 Å². The molecule has 1 fully saturated rings. The van der Waals surface area contributed by atoms with Gasteiger partial charge in [0.25, 0.3) is 0 Å². The second-order valence-electron chi connectivity index (χ2n) is 4.30. The van der Waals surface area contributed by atoms with Crippen molar-refractivity contribution in [2.24, 2.45) is 0 Å². The van der Waals surface area contributed by atoms with Gasteiger partial charge in [0.15, 0.2) is 0 Å². The molecule has 1 N–H and O–H groups in total. The van der Waals surface area contributed by atoms with Crippen LogP contribution in [0.2, 0.25) is 0 Å². The van der Waals surface area contributed by atoms with Gasteiger partial charge in [-0.15, -0.1) is 0 Å². The van der Waals surface area contributed by atoms with Gasteiger partial charge < -0.3 is 5.32 Å². The fraction of sp³-hybridized carbons (Fsp3) is 0.417. The van der Waals surface area contributed by atoms with Crippen LogP contribution < -0.4 is 5.32 Å². The predicted octanol–water partition coefficient (Wildman–Crippen LogP) is 0.237. The number of hydrogen-bond donors (Lipinski definition) is 1. The molecule has 1 aliphatic heterocycles. The molecule has 17 heavy (non-hydrogen) atoms. The van der Waals surface area contributed by atoms with Gasteiger partial charge >= 0.3 is 0 Å². The molecule has 1 aromatic heterocycles. The molecule has 0 aromatic carbocycles. The minimum atomic E-state index is -0.395. The third kappa shape index (κ3) is 2.50. The lowest BCUT2D eigenvalue weighted by Gasteiger charge is -2.10. The first-order chi connectivity index (χ1) is 8.08. The number of likely N-dealkylation sites (N-methyl/N-ethyl adjacent to an activating group) is 1. The smallest absolute Gasteiger partial charge is 0.246 e. The van der Waals surface area contributed by atoms with Gasteiger partial charge in [0.05, 0.1) is 12.5 Å². The fourth-order valence-electron chi connectivity index (χ4n) is 1.87. The average Bonchev–Trinajstić information content (AvgIpc) is 2.54. The molecule has 2 amide bonds. The summed E-state index contributed by atoms with van der Waals surface area (Å²) in [6, 6.07) is 1.61. The van der Waals surface area contributed by atoms with E-state index in [1.54, 1.807) is 12.4 Å². The third-order valence-electron chi connectivity index (χ3n) is 2.87. The Bertz CT molecular complexity index is 459. The molecule has 2 rings (SSSR count). The van der Waals surface area contributed by atoms with Crippen LogP contribution in [-0.2, 0) is 16.1 Å². The van der Waals surface area contributed by atoms with E-state index >= 15 is 0 Å². The van der Waals surface area contributed by atoms with Gasteiger partial charge in [-0.2, -0.15) is 0 Å². The van der Waals surface area contributed by atoms with Crippen LogP contribution in [-0.4, -0.2) is 34.8 Å². The first-order valence-corrected chi connectivity index (χ1v) is 5.52. The lowest BCUT2D eigenvalue weighted by Crippen LogP contribution is -2.36. The molecule has 5 nitrogen and oxygen atoms in total. The SMILES string of the molecule is Cc1cncc(CNC2CC(=O)N(C)C2=O)c1. The number of amides is 2. The number of nitrogens with zero attached hydrogens (tertiary/aromatic N) is 2. The summed E-state index contributed by atoms with van der Waals surface area (Å²) in [4.78, 5) is 28.2. The minimum absolute atomic E-state index is 0.130. The Morgan fingerprint density at radius 1 is 1.47 bits per heavy atom. The van der Waals surface area contributed by atoms with E-state index in [9.17, 15) is 9.59 Å². The number of rotatable bonds is 3. The molecule has 0 bridgehead atoms. The van der Waals surface area contributed by atoms with Crippen LogP contribution in [0.4, 0.5) is 0 Å². The number of likely N-dealkylation sites (tertiary alicyclic amines) is 1. The summed E-state index contributed by atoms with van der Waals surface area (Å²) in [5.41, 5.74) is 2.09. The average molecular weight is 233 g/mol. The van der Waals surface area contributed by atoms with Gasteiger partial charge in [0.1, 0.15) is 0 Å². The van der Waals surface area contributed by atoms with Gasteiger partial charge in [-0.3, -0.25) is 19.5 Å². The van der Waals surface area contributed by atoms with Crippen LogP contribution in [0.3, 0.4) is 0 Å². The Kier molecular flexibility index (Phi) is 3.19. The topological polar surface area (TPSA) is 62.3 Å². The van der Waals surface area contributed by atoms with Crippen molar-refractivity contribution in [1.29, 1.82) is 0 Å². The zero-order valence-corrected chi connectivity index (χ0v) is 9.93. The van der Waals surface area contributed by atoms with Gasteiger partial charge in [0, 0.05) is 26.0 Å². The maximum atomic E-state index is 11.6. The van der Waals surface area contributed by atoms with E-state index in [1.807, 2.05) is 13.0 Å². The Morgan fingerprint density at radius 3 is 2.82 bits per heavy atom. The zero-order valence-electron chi connectivity index (χ0n) is 9.93. The van der Waals surface area contributed by atoms with Gasteiger partial charge in [-0.25, -0.2) is 0 Å². The van der Waals surface area contributed by atoms with Crippen LogP contribution in [0.25, 0.3) is 0 Å². The van der Waals surface area contributed by atoms with Crippen molar-refractivity contribution in [3.8, 4) is 0 Å². The zero-order chi connectivity index (χ0) is 12.4. The standard InChI is InChI=1S/C12H15N3O2/c1-8-3-9(6-13-5-8)7-14-10-4-11(16)15(2)12(10)17/h3,5-6,10,14H,4,7H2,1-2H3. The molecule has 1 saturated heterocycles. The van der Waals surface area contributed by atoms with Crippen molar-refractivity contribution in [3.05, 3.63) is 29.6 Å². The van der Waals surface area contributed by atoms with E-state index in [0.29, 0.717) is 6.54 Å². The number of nitrogens with one attached hydrogen (secondary N) is 1. The second-order valence-corrected chi connectivity index (χ2v) is 4.30. The monoisotopic (exact) mass is 233 g/mol. The van der Waals surface area contributed by atoms with Crippen LogP contribution in [0, 0.1) is 6.92 Å². The highest BCUT2D eigenvalue weighted by Crippen LogP contribution is 2.11. The highest BCUT2D eigenvalue weighted by Gasteiger charge is 2.35. The fourth-order valence-corrected chi connectivity index (χ4v) is 1.87. The number of hydrogen-bond acceptors (Lipinski definition) is 4. The number of aryl methyl sites for hydroxylation is 1. The quantitative estimate of drug-likeness (QED) is 0.759. The summed E-state index contributed by atoms with van der Waals surface area (Å²) < 4.78 is 0. The molecule has 0 aliphatic carbocycles. The van der Waals surface area contributed by atoms with Crippen molar-refractivity contribution in [2.75, 3.05) is 7.05 Å². The molecule has 5 heteroatoms. The van der Waals surface area contributed by atoms with Crippen molar-refractivity contribution < 1.29 is 9.59 Å². The predicted molar refractivity (Wildman–Crippen MR) is 62.0 cm³/mol. The van der Waals surface area contributed by atoms with E-state index in [1.165, 1.54) is 11.9 Å². The minimum Gasteiger partial charge on any atom is -0.301 e. The number of imide groups is 1. The van der Waals surface area contributed by atoms with Crippen molar-refractivity contribution in [3.63, 3.8) is 0 Å². The molecule has 1 atom stereocenters. The van der Waals surface area contributed by atoms with E-state index in [-0.39, 0.29) is 18.2 Å². The second kappa shape index (κ2) is 4.63. The molecule has 90 valence electrons. The van der Waals surface area contributed by atoms with Crippen molar-refractivity contribution in [1.82, 2.24) is 15.2 Å². The lowest BCUT2D eigenvalue weighted by molar-refractivity contribution is -0.137. The van der Waals surface area contributed by atoms with Crippen LogP contribution in [0.15, 0.2) is 18.5 Å². The highest BCUT2D eigenvalue weighted by molar-refractivity contribution is 6.05. The summed E-state index contributed by atoms with van der Waals surface area (Å²) in [5, 5.41) is 3.08. The summed E-state index contributed by atoms with van der Waals surface area (Å²) in [6.07, 6.45) is 3.78. The number of pyridine rings is 1. The molecular weight excluding hydrogens is 218 g/mol. The van der Waals surface area contributed by atoms with Gasteiger partial charge in [-0.1, -0.05) is 6.07 Å². The highest BCUT2D eigenvalue weighted by atomic mass is 16.2. The lowest BCUT2D eigenvalue weighted by atomic mass is 10.2. The Morgan fingerprint density at radius 2 is 2.24 bits per heavy atom. The number of carbonyl (C=O) groups excluding carboxylic acids is 2. The number of carbonyl (C=O) groups is 2. The first-order valence-electron chi connectivity index (χ1n) is 5.52. The molecule has 1 aromatic rings. The molecule has 0 spiro atoms. The van der Waals surface area contributed by atoms with E-state index in [0.717, 1.165) is 11.1 Å². The Hall–Kier alpha value is -1.75. The van der Waals surface area contributed by atoms with Crippen molar-refractivity contribution in [2.45, 2.75) is 25.9 Å². The van der Waals surface area contributed by atoms with Crippen LogP contribution in [0.5, 0.6) is 0 Å². The molecule has 0 saturated carbocycles. The molecular formula is C12H15N3O2. The Labute approximate surface area is 99.8 Å². The summed E-state index contributed by atoms with van der Waals surface area (Å²) in [6.45, 7) is 2.51. The summed E-state index contributed by atoms with van der Waals surface area (Å²) >= 11 is 0. The first kappa shape index (κ1) is 11.7. The van der Waals surface area contributed by atoms with E-state index < -0.39 is 6.04 Å². The molecule has 1 aliphatic rings. The maximum Gasteiger partial charge on any atom is 0.246 e. The number of aromatic nitrogens is 1. The molecule has 1 unspecified atom stereocenters. The summed E-state index contributed by atoms with van der Waals surface area (Å²) in [5.74, 6) is -0.287. The summed E-state index contributed by atoms with van der Waals surface area (Å²) in [7, 11) is 1.51. The largest absolute Gasteiger partial charge is 0.301 e. The Balaban J connectivity index is 1.95. The molecule has 2 heterocycles.